The molecule has 21 heavy (non-hydrogen) atoms. The first-order chi connectivity index (χ1) is 10.1. The van der Waals surface area contributed by atoms with E-state index < -0.39 is 5.54 Å². The van der Waals surface area contributed by atoms with E-state index in [1.165, 1.54) is 12.8 Å². The van der Waals surface area contributed by atoms with E-state index in [1.54, 1.807) is 0 Å². The Balaban J connectivity index is 1.94. The van der Waals surface area contributed by atoms with Crippen LogP contribution in [0, 0.1) is 5.92 Å². The minimum Gasteiger partial charge on any atom is -0.342 e. The van der Waals surface area contributed by atoms with E-state index in [9.17, 15) is 9.59 Å². The van der Waals surface area contributed by atoms with Crippen molar-refractivity contribution in [1.82, 2.24) is 10.2 Å². The fraction of sp³-hybridized carbons (Fsp3) is 0.882. The van der Waals surface area contributed by atoms with Crippen LogP contribution in [-0.4, -0.2) is 34.3 Å². The van der Waals surface area contributed by atoms with Crippen LogP contribution in [0.4, 0.5) is 0 Å². The minimum atomic E-state index is -0.518. The smallest absolute Gasteiger partial charge is 0.246 e. The summed E-state index contributed by atoms with van der Waals surface area (Å²) in [5, 5.41) is 3.07. The molecular formula is C17H28N2O2. The van der Waals surface area contributed by atoms with Crippen LogP contribution in [0.2, 0.25) is 0 Å². The van der Waals surface area contributed by atoms with E-state index >= 15 is 0 Å². The lowest BCUT2D eigenvalue weighted by Gasteiger charge is -2.50. The summed E-state index contributed by atoms with van der Waals surface area (Å²) in [7, 11) is 0. The highest BCUT2D eigenvalue weighted by atomic mass is 16.2. The summed E-state index contributed by atoms with van der Waals surface area (Å²) in [6, 6.07) is -0.0115. The Morgan fingerprint density at radius 3 is 2.38 bits per heavy atom. The van der Waals surface area contributed by atoms with Crippen LogP contribution in [0.15, 0.2) is 0 Å². The van der Waals surface area contributed by atoms with Crippen molar-refractivity contribution < 1.29 is 9.59 Å². The third kappa shape index (κ3) is 2.27. The molecule has 2 atom stereocenters. The van der Waals surface area contributed by atoms with Gasteiger partial charge in [-0.25, -0.2) is 0 Å². The third-order valence-electron chi connectivity index (χ3n) is 6.01. The van der Waals surface area contributed by atoms with Crippen molar-refractivity contribution in [3.63, 3.8) is 0 Å². The van der Waals surface area contributed by atoms with Crippen LogP contribution in [0.3, 0.4) is 0 Å². The number of carbonyl (C=O) groups is 2. The van der Waals surface area contributed by atoms with Crippen molar-refractivity contribution in [2.45, 2.75) is 89.3 Å². The monoisotopic (exact) mass is 292 g/mol. The van der Waals surface area contributed by atoms with Crippen molar-refractivity contribution in [1.29, 1.82) is 0 Å². The van der Waals surface area contributed by atoms with Gasteiger partial charge in [-0.1, -0.05) is 46.0 Å². The van der Waals surface area contributed by atoms with E-state index in [1.807, 2.05) is 0 Å². The van der Waals surface area contributed by atoms with Gasteiger partial charge in [0, 0.05) is 6.04 Å². The van der Waals surface area contributed by atoms with Crippen molar-refractivity contribution in [2.75, 3.05) is 0 Å². The van der Waals surface area contributed by atoms with Gasteiger partial charge in [0.25, 0.3) is 0 Å². The molecule has 2 saturated carbocycles. The molecule has 2 aliphatic carbocycles. The zero-order valence-corrected chi connectivity index (χ0v) is 13.4. The topological polar surface area (TPSA) is 49.4 Å². The number of carbonyl (C=O) groups excluding carboxylic acids is 2. The summed E-state index contributed by atoms with van der Waals surface area (Å²) in [6.45, 7) is 4.16. The van der Waals surface area contributed by atoms with Gasteiger partial charge in [0.05, 0.1) is 0 Å². The second-order valence-corrected chi connectivity index (χ2v) is 7.22. The first-order valence-corrected chi connectivity index (χ1v) is 8.74. The highest BCUT2D eigenvalue weighted by Gasteiger charge is 2.56. The van der Waals surface area contributed by atoms with E-state index in [-0.39, 0.29) is 23.8 Å². The molecule has 3 aliphatic rings. The van der Waals surface area contributed by atoms with Gasteiger partial charge in [-0.2, -0.15) is 0 Å². The molecule has 3 fully saturated rings. The third-order valence-corrected chi connectivity index (χ3v) is 6.01. The van der Waals surface area contributed by atoms with Crippen LogP contribution >= 0.6 is 0 Å². The Morgan fingerprint density at radius 1 is 1.19 bits per heavy atom. The molecule has 0 bridgehead atoms. The summed E-state index contributed by atoms with van der Waals surface area (Å²) < 4.78 is 0. The highest BCUT2D eigenvalue weighted by Crippen LogP contribution is 2.43. The second kappa shape index (κ2) is 5.62. The maximum Gasteiger partial charge on any atom is 0.246 e. The Bertz CT molecular complexity index is 423. The summed E-state index contributed by atoms with van der Waals surface area (Å²) in [5.74, 6) is 0.527. The lowest BCUT2D eigenvalue weighted by molar-refractivity contribution is -0.162. The SMILES string of the molecule is CCC(C)C1NC(=O)C2(CCCC2)N(C2CCCC2)C1=O. The summed E-state index contributed by atoms with van der Waals surface area (Å²) in [4.78, 5) is 28.0. The Kier molecular flexibility index (Phi) is 3.98. The molecule has 1 heterocycles. The maximum absolute atomic E-state index is 13.1. The molecule has 4 nitrogen and oxygen atoms in total. The standard InChI is InChI=1S/C17H28N2O2/c1-3-12(2)14-15(20)19(13-8-4-5-9-13)17(16(21)18-14)10-6-7-11-17/h12-14H,3-11H2,1-2H3,(H,18,21). The Labute approximate surface area is 127 Å². The molecule has 0 aromatic heterocycles. The minimum absolute atomic E-state index is 0.122. The van der Waals surface area contributed by atoms with Crippen molar-refractivity contribution in [3.8, 4) is 0 Å². The highest BCUT2D eigenvalue weighted by molar-refractivity contribution is 6.00. The van der Waals surface area contributed by atoms with Crippen LogP contribution in [0.25, 0.3) is 0 Å². The molecule has 0 aromatic carbocycles. The molecule has 2 unspecified atom stereocenters. The lowest BCUT2D eigenvalue weighted by Crippen LogP contribution is -2.72. The molecule has 4 heteroatoms. The number of hydrogen-bond donors (Lipinski definition) is 1. The molecule has 1 spiro atoms. The number of nitrogens with one attached hydrogen (secondary N) is 1. The van der Waals surface area contributed by atoms with Crippen LogP contribution < -0.4 is 5.32 Å². The number of amides is 2. The maximum atomic E-state index is 13.1. The van der Waals surface area contributed by atoms with Gasteiger partial charge < -0.3 is 10.2 Å². The molecule has 1 aliphatic heterocycles. The van der Waals surface area contributed by atoms with Crippen LogP contribution in [0.1, 0.15) is 71.6 Å². The first kappa shape index (κ1) is 14.9. The summed E-state index contributed by atoms with van der Waals surface area (Å²) in [6.07, 6.45) is 9.31. The molecule has 0 aromatic rings. The summed E-state index contributed by atoms with van der Waals surface area (Å²) >= 11 is 0. The number of hydrogen-bond acceptors (Lipinski definition) is 2. The zero-order valence-electron chi connectivity index (χ0n) is 13.4. The predicted molar refractivity (Wildman–Crippen MR) is 81.7 cm³/mol. The Hall–Kier alpha value is -1.06. The molecule has 2 amide bonds. The van der Waals surface area contributed by atoms with Crippen molar-refractivity contribution in [2.24, 2.45) is 5.92 Å². The number of rotatable bonds is 3. The van der Waals surface area contributed by atoms with Crippen molar-refractivity contribution >= 4 is 11.8 Å². The lowest BCUT2D eigenvalue weighted by atomic mass is 9.84. The fourth-order valence-corrected chi connectivity index (χ4v) is 4.55. The molecule has 1 N–H and O–H groups in total. The quantitative estimate of drug-likeness (QED) is 0.869. The van der Waals surface area contributed by atoms with Crippen molar-refractivity contribution in [3.05, 3.63) is 0 Å². The van der Waals surface area contributed by atoms with Gasteiger partial charge in [0.15, 0.2) is 0 Å². The average molecular weight is 292 g/mol. The van der Waals surface area contributed by atoms with Gasteiger partial charge in [0.2, 0.25) is 11.8 Å². The summed E-state index contributed by atoms with van der Waals surface area (Å²) in [5.41, 5.74) is -0.518. The molecular weight excluding hydrogens is 264 g/mol. The van der Waals surface area contributed by atoms with Gasteiger partial charge in [0.1, 0.15) is 11.6 Å². The zero-order chi connectivity index (χ0) is 15.0. The molecule has 118 valence electrons. The largest absolute Gasteiger partial charge is 0.342 e. The van der Waals surface area contributed by atoms with Gasteiger partial charge in [-0.05, 0) is 31.6 Å². The van der Waals surface area contributed by atoms with Gasteiger partial charge in [-0.15, -0.1) is 0 Å². The van der Waals surface area contributed by atoms with Gasteiger partial charge >= 0.3 is 0 Å². The predicted octanol–water partition coefficient (Wildman–Crippen LogP) is 2.61. The van der Waals surface area contributed by atoms with E-state index in [2.05, 4.69) is 24.1 Å². The second-order valence-electron chi connectivity index (χ2n) is 7.22. The molecule has 0 radical (unpaired) electrons. The average Bonchev–Trinajstić information content (AvgIpc) is 3.15. The van der Waals surface area contributed by atoms with E-state index in [0.717, 1.165) is 44.9 Å². The normalized spacial score (nSPS) is 31.0. The number of piperazine rings is 1. The first-order valence-electron chi connectivity index (χ1n) is 8.74. The Morgan fingerprint density at radius 2 is 1.81 bits per heavy atom. The fourth-order valence-electron chi connectivity index (χ4n) is 4.55. The van der Waals surface area contributed by atoms with E-state index in [4.69, 9.17) is 0 Å². The number of nitrogens with zero attached hydrogens (tertiary/aromatic N) is 1. The van der Waals surface area contributed by atoms with Crippen LogP contribution in [0.5, 0.6) is 0 Å². The molecule has 3 rings (SSSR count). The van der Waals surface area contributed by atoms with Crippen LogP contribution in [-0.2, 0) is 9.59 Å². The molecule has 1 saturated heterocycles. The van der Waals surface area contributed by atoms with Gasteiger partial charge in [-0.3, -0.25) is 9.59 Å². The van der Waals surface area contributed by atoms with E-state index in [0.29, 0.717) is 6.04 Å².